The molecule has 2 heterocycles. The van der Waals surface area contributed by atoms with Crippen LogP contribution in [0, 0.1) is 5.41 Å². The molecule has 0 aromatic rings. The highest BCUT2D eigenvalue weighted by atomic mass is 16.3. The Kier molecular flexibility index (Phi) is 3.36. The van der Waals surface area contributed by atoms with Crippen LogP contribution in [0.4, 0.5) is 0 Å². The van der Waals surface area contributed by atoms with E-state index < -0.39 is 5.60 Å². The monoisotopic (exact) mass is 254 g/mol. The maximum absolute atomic E-state index is 12.0. The average molecular weight is 254 g/mol. The molecule has 2 fully saturated rings. The SMILES string of the molecule is CC(C)(O)CC(=O)N1CCC2(CCNC2=O)CC1. The van der Waals surface area contributed by atoms with Gasteiger partial charge in [0.15, 0.2) is 0 Å². The fourth-order valence-corrected chi connectivity index (χ4v) is 2.86. The molecule has 1 spiro atoms. The number of carbonyl (C=O) groups excluding carboxylic acids is 2. The van der Waals surface area contributed by atoms with Crippen LogP contribution >= 0.6 is 0 Å². The molecule has 0 aromatic heterocycles. The molecule has 2 saturated heterocycles. The third kappa shape index (κ3) is 2.66. The number of amides is 2. The van der Waals surface area contributed by atoms with Crippen molar-refractivity contribution in [1.82, 2.24) is 10.2 Å². The van der Waals surface area contributed by atoms with Crippen molar-refractivity contribution in [2.45, 2.75) is 45.1 Å². The smallest absolute Gasteiger partial charge is 0.226 e. The van der Waals surface area contributed by atoms with E-state index in [0.29, 0.717) is 13.1 Å². The Morgan fingerprint density at radius 1 is 1.39 bits per heavy atom. The number of nitrogens with one attached hydrogen (secondary N) is 1. The van der Waals surface area contributed by atoms with E-state index in [1.807, 2.05) is 0 Å². The Morgan fingerprint density at radius 2 is 2.00 bits per heavy atom. The third-order valence-electron chi connectivity index (χ3n) is 4.03. The topological polar surface area (TPSA) is 69.6 Å². The molecule has 0 atom stereocenters. The molecule has 0 unspecified atom stereocenters. The summed E-state index contributed by atoms with van der Waals surface area (Å²) in [7, 11) is 0. The van der Waals surface area contributed by atoms with Crippen LogP contribution in [0.25, 0.3) is 0 Å². The highest BCUT2D eigenvalue weighted by molar-refractivity contribution is 5.85. The van der Waals surface area contributed by atoms with Gasteiger partial charge in [0, 0.05) is 19.6 Å². The third-order valence-corrected chi connectivity index (χ3v) is 4.03. The first kappa shape index (κ1) is 13.3. The largest absolute Gasteiger partial charge is 0.390 e. The lowest BCUT2D eigenvalue weighted by atomic mass is 9.77. The van der Waals surface area contributed by atoms with Crippen LogP contribution in [0.3, 0.4) is 0 Å². The molecule has 2 rings (SSSR count). The molecule has 2 aliphatic rings. The summed E-state index contributed by atoms with van der Waals surface area (Å²) in [6.45, 7) is 5.29. The summed E-state index contributed by atoms with van der Waals surface area (Å²) in [4.78, 5) is 25.5. The van der Waals surface area contributed by atoms with E-state index in [1.54, 1.807) is 18.7 Å². The van der Waals surface area contributed by atoms with Crippen molar-refractivity contribution in [3.05, 3.63) is 0 Å². The van der Waals surface area contributed by atoms with Gasteiger partial charge in [-0.1, -0.05) is 0 Å². The second kappa shape index (κ2) is 4.53. The van der Waals surface area contributed by atoms with Gasteiger partial charge in [-0.3, -0.25) is 9.59 Å². The van der Waals surface area contributed by atoms with E-state index in [1.165, 1.54) is 0 Å². The van der Waals surface area contributed by atoms with Gasteiger partial charge < -0.3 is 15.3 Å². The number of aliphatic hydroxyl groups is 1. The fraction of sp³-hybridized carbons (Fsp3) is 0.846. The molecule has 2 amide bonds. The summed E-state index contributed by atoms with van der Waals surface area (Å²) >= 11 is 0. The van der Waals surface area contributed by atoms with Gasteiger partial charge in [0.25, 0.3) is 0 Å². The molecule has 0 saturated carbocycles. The first-order valence-corrected chi connectivity index (χ1v) is 6.61. The molecule has 2 N–H and O–H groups in total. The zero-order valence-electron chi connectivity index (χ0n) is 11.2. The van der Waals surface area contributed by atoms with Gasteiger partial charge in [0.1, 0.15) is 0 Å². The first-order chi connectivity index (χ1) is 8.32. The van der Waals surface area contributed by atoms with E-state index in [9.17, 15) is 14.7 Å². The lowest BCUT2D eigenvalue weighted by Gasteiger charge is -2.38. The fourth-order valence-electron chi connectivity index (χ4n) is 2.86. The zero-order chi connectivity index (χ0) is 13.4. The summed E-state index contributed by atoms with van der Waals surface area (Å²) in [5.41, 5.74) is -1.19. The second-order valence-corrected chi connectivity index (χ2v) is 6.16. The number of piperidine rings is 1. The highest BCUT2D eigenvalue weighted by Crippen LogP contribution is 2.38. The molecule has 102 valence electrons. The second-order valence-electron chi connectivity index (χ2n) is 6.16. The van der Waals surface area contributed by atoms with Crippen LogP contribution in [0.15, 0.2) is 0 Å². The minimum absolute atomic E-state index is 0.0178. The summed E-state index contributed by atoms with van der Waals surface area (Å²) in [5.74, 6) is 0.132. The molecule has 0 aliphatic carbocycles. The molecule has 0 radical (unpaired) electrons. The molecule has 2 aliphatic heterocycles. The lowest BCUT2D eigenvalue weighted by Crippen LogP contribution is -2.47. The van der Waals surface area contributed by atoms with Crippen molar-refractivity contribution in [3.8, 4) is 0 Å². The standard InChI is InChI=1S/C13H22N2O3/c1-12(2,18)9-10(16)15-7-4-13(5-8-15)3-6-14-11(13)17/h18H,3-9H2,1-2H3,(H,14,17). The summed E-state index contributed by atoms with van der Waals surface area (Å²) in [5, 5.41) is 12.5. The van der Waals surface area contributed by atoms with Crippen LogP contribution < -0.4 is 5.32 Å². The number of likely N-dealkylation sites (tertiary alicyclic amines) is 1. The van der Waals surface area contributed by atoms with E-state index in [0.717, 1.165) is 25.8 Å². The van der Waals surface area contributed by atoms with Crippen molar-refractivity contribution in [3.63, 3.8) is 0 Å². The Morgan fingerprint density at radius 3 is 2.44 bits per heavy atom. The van der Waals surface area contributed by atoms with Crippen LogP contribution in [0.2, 0.25) is 0 Å². The number of rotatable bonds is 2. The zero-order valence-corrected chi connectivity index (χ0v) is 11.2. The molecule has 5 nitrogen and oxygen atoms in total. The normalized spacial score (nSPS) is 23.3. The Labute approximate surface area is 108 Å². The maximum atomic E-state index is 12.0. The minimum atomic E-state index is -0.961. The van der Waals surface area contributed by atoms with E-state index in [2.05, 4.69) is 5.32 Å². The molecule has 18 heavy (non-hydrogen) atoms. The van der Waals surface area contributed by atoms with Crippen molar-refractivity contribution in [2.75, 3.05) is 19.6 Å². The van der Waals surface area contributed by atoms with Crippen LogP contribution in [0.5, 0.6) is 0 Å². The van der Waals surface area contributed by atoms with Gasteiger partial charge in [-0.05, 0) is 33.1 Å². The van der Waals surface area contributed by atoms with E-state index >= 15 is 0 Å². The van der Waals surface area contributed by atoms with Gasteiger partial charge in [-0.25, -0.2) is 0 Å². The Hall–Kier alpha value is -1.10. The van der Waals surface area contributed by atoms with Crippen molar-refractivity contribution in [1.29, 1.82) is 0 Å². The Bertz CT molecular complexity index is 352. The number of hydrogen-bond donors (Lipinski definition) is 2. The quantitative estimate of drug-likeness (QED) is 0.743. The Balaban J connectivity index is 1.91. The minimum Gasteiger partial charge on any atom is -0.390 e. The average Bonchev–Trinajstić information content (AvgIpc) is 2.59. The summed E-state index contributed by atoms with van der Waals surface area (Å²) in [6.07, 6.45) is 2.53. The summed E-state index contributed by atoms with van der Waals surface area (Å²) in [6, 6.07) is 0. The molecular formula is C13H22N2O3. The van der Waals surface area contributed by atoms with Gasteiger partial charge in [0.05, 0.1) is 17.4 Å². The predicted octanol–water partition coefficient (Wildman–Crippen LogP) is 0.276. The molecule has 0 bridgehead atoms. The lowest BCUT2D eigenvalue weighted by molar-refractivity contribution is -0.141. The molecule has 5 heteroatoms. The van der Waals surface area contributed by atoms with Crippen molar-refractivity contribution < 1.29 is 14.7 Å². The molecule has 0 aromatic carbocycles. The van der Waals surface area contributed by atoms with Gasteiger partial charge in [-0.15, -0.1) is 0 Å². The number of nitrogens with zero attached hydrogens (tertiary/aromatic N) is 1. The van der Waals surface area contributed by atoms with Crippen molar-refractivity contribution in [2.24, 2.45) is 5.41 Å². The van der Waals surface area contributed by atoms with Gasteiger partial charge in [-0.2, -0.15) is 0 Å². The first-order valence-electron chi connectivity index (χ1n) is 6.61. The number of carbonyl (C=O) groups is 2. The predicted molar refractivity (Wildman–Crippen MR) is 66.8 cm³/mol. The van der Waals surface area contributed by atoms with Crippen LogP contribution in [-0.4, -0.2) is 47.1 Å². The van der Waals surface area contributed by atoms with Gasteiger partial charge >= 0.3 is 0 Å². The van der Waals surface area contributed by atoms with Crippen LogP contribution in [0.1, 0.15) is 39.5 Å². The van der Waals surface area contributed by atoms with E-state index in [-0.39, 0.29) is 23.7 Å². The van der Waals surface area contributed by atoms with E-state index in [4.69, 9.17) is 0 Å². The number of hydrogen-bond acceptors (Lipinski definition) is 3. The molecular weight excluding hydrogens is 232 g/mol. The summed E-state index contributed by atoms with van der Waals surface area (Å²) < 4.78 is 0. The van der Waals surface area contributed by atoms with Crippen molar-refractivity contribution >= 4 is 11.8 Å². The van der Waals surface area contributed by atoms with Crippen LogP contribution in [-0.2, 0) is 9.59 Å². The highest BCUT2D eigenvalue weighted by Gasteiger charge is 2.45. The maximum Gasteiger partial charge on any atom is 0.226 e. The van der Waals surface area contributed by atoms with Gasteiger partial charge in [0.2, 0.25) is 11.8 Å².